The van der Waals surface area contributed by atoms with Gasteiger partial charge in [-0.2, -0.15) is 5.26 Å². The van der Waals surface area contributed by atoms with E-state index >= 15 is 0 Å². The number of aromatic nitrogens is 4. The van der Waals surface area contributed by atoms with Crippen molar-refractivity contribution in [3.05, 3.63) is 65.7 Å². The Morgan fingerprint density at radius 3 is 2.40 bits per heavy atom. The topological polar surface area (TPSA) is 145 Å². The summed E-state index contributed by atoms with van der Waals surface area (Å²) in [6, 6.07) is 13.8. The molecule has 0 unspecified atom stereocenters. The fourth-order valence-electron chi connectivity index (χ4n) is 3.40. The zero-order chi connectivity index (χ0) is 25.0. The number of sulfonamides is 1. The van der Waals surface area contributed by atoms with Crippen LogP contribution in [-0.2, 0) is 16.4 Å². The van der Waals surface area contributed by atoms with E-state index in [1.807, 2.05) is 6.07 Å². The number of rotatable bonds is 9. The van der Waals surface area contributed by atoms with E-state index in [4.69, 9.17) is 19.2 Å². The van der Waals surface area contributed by atoms with Gasteiger partial charge in [-0.05, 0) is 43.3 Å². The van der Waals surface area contributed by atoms with Gasteiger partial charge in [-0.25, -0.2) is 8.42 Å². The van der Waals surface area contributed by atoms with Crippen LogP contribution in [0.5, 0.6) is 11.5 Å². The van der Waals surface area contributed by atoms with Crippen molar-refractivity contribution in [3.8, 4) is 34.8 Å². The molecule has 35 heavy (non-hydrogen) atoms. The molecule has 3 aromatic heterocycles. The van der Waals surface area contributed by atoms with Crippen molar-refractivity contribution in [2.75, 3.05) is 24.7 Å². The second kappa shape index (κ2) is 9.86. The lowest BCUT2D eigenvalue weighted by Crippen LogP contribution is -2.21. The molecule has 0 aliphatic rings. The van der Waals surface area contributed by atoms with Crippen LogP contribution in [0.1, 0.15) is 17.0 Å². The van der Waals surface area contributed by atoms with Gasteiger partial charge < -0.3 is 13.9 Å². The number of benzene rings is 1. The maximum atomic E-state index is 13.0. The normalized spacial score (nSPS) is 11.1. The third-order valence-corrected chi connectivity index (χ3v) is 6.31. The zero-order valence-electron chi connectivity index (χ0n) is 19.2. The van der Waals surface area contributed by atoms with Gasteiger partial charge in [0.25, 0.3) is 0 Å². The molecule has 0 saturated carbocycles. The van der Waals surface area contributed by atoms with Crippen LogP contribution in [0.3, 0.4) is 0 Å². The van der Waals surface area contributed by atoms with Crippen LogP contribution in [0.25, 0.3) is 17.3 Å². The third kappa shape index (κ3) is 5.10. The summed E-state index contributed by atoms with van der Waals surface area (Å²) in [4.78, 5) is 4.12. The van der Waals surface area contributed by atoms with Crippen LogP contribution in [0.4, 0.5) is 5.95 Å². The maximum absolute atomic E-state index is 13.0. The van der Waals surface area contributed by atoms with Gasteiger partial charge in [-0.3, -0.25) is 14.3 Å². The molecule has 11 nitrogen and oxygen atoms in total. The van der Waals surface area contributed by atoms with Gasteiger partial charge in [0.2, 0.25) is 21.8 Å². The van der Waals surface area contributed by atoms with E-state index in [0.717, 1.165) is 0 Å². The smallest absolute Gasteiger partial charge is 0.243 e. The highest BCUT2D eigenvalue weighted by atomic mass is 32.2. The van der Waals surface area contributed by atoms with Crippen molar-refractivity contribution in [2.24, 2.45) is 0 Å². The molecule has 0 radical (unpaired) electrons. The van der Waals surface area contributed by atoms with E-state index in [2.05, 4.69) is 19.9 Å². The molecule has 0 bridgehead atoms. The van der Waals surface area contributed by atoms with Gasteiger partial charge in [0.15, 0.2) is 5.76 Å². The molecule has 12 heteroatoms. The lowest BCUT2D eigenvalue weighted by molar-refractivity contribution is 0.391. The number of para-hydroxylation sites is 1. The Bertz CT molecular complexity index is 1460. The van der Waals surface area contributed by atoms with Crippen LogP contribution in [0, 0.1) is 18.3 Å². The van der Waals surface area contributed by atoms with Crippen molar-refractivity contribution < 1.29 is 22.3 Å². The van der Waals surface area contributed by atoms with Crippen LogP contribution in [0.15, 0.2) is 53.1 Å². The van der Waals surface area contributed by atoms with Gasteiger partial charge in [0.1, 0.15) is 29.0 Å². The summed E-state index contributed by atoms with van der Waals surface area (Å²) in [6.07, 6.45) is 1.54. The van der Waals surface area contributed by atoms with Crippen LogP contribution in [-0.4, -0.2) is 48.1 Å². The summed E-state index contributed by atoms with van der Waals surface area (Å²) in [7, 11) is -0.885. The molecular formula is C23H22N6O5S. The van der Waals surface area contributed by atoms with Gasteiger partial charge in [0.05, 0.1) is 25.5 Å². The molecule has 180 valence electrons. The zero-order valence-corrected chi connectivity index (χ0v) is 20.0. The third-order valence-electron chi connectivity index (χ3n) is 5.08. The number of pyridine rings is 1. The van der Waals surface area contributed by atoms with Gasteiger partial charge in [0, 0.05) is 18.3 Å². The molecule has 0 saturated heterocycles. The fourth-order valence-corrected chi connectivity index (χ4v) is 4.39. The standard InChI is InChI=1S/C23H22N6O5S/c1-15-7-10-20(34-15)22-26-27-23(29(22)21-18(32-2)5-4-6-19(21)33-3)28-35(30,31)12-11-17-9-8-16(13-24)14-25-17/h4-10,14H,11-12H2,1-3H3,(H,27,28). The summed E-state index contributed by atoms with van der Waals surface area (Å²) < 4.78 is 46.7. The Kier molecular flexibility index (Phi) is 6.70. The molecule has 1 N–H and O–H groups in total. The Hall–Kier alpha value is -4.37. The molecule has 4 rings (SSSR count). The molecule has 4 aromatic rings. The van der Waals surface area contributed by atoms with Crippen molar-refractivity contribution in [3.63, 3.8) is 0 Å². The Morgan fingerprint density at radius 2 is 1.83 bits per heavy atom. The van der Waals surface area contributed by atoms with Crippen LogP contribution in [0.2, 0.25) is 0 Å². The quantitative estimate of drug-likeness (QED) is 0.371. The average molecular weight is 495 g/mol. The van der Waals surface area contributed by atoms with Gasteiger partial charge >= 0.3 is 0 Å². The lowest BCUT2D eigenvalue weighted by atomic mass is 10.2. The fraction of sp³-hybridized carbons (Fsp3) is 0.217. The molecule has 0 spiro atoms. The number of methoxy groups -OCH3 is 2. The number of aryl methyl sites for hydroxylation is 2. The minimum atomic E-state index is -3.87. The van der Waals surface area contributed by atoms with Gasteiger partial charge in [-0.1, -0.05) is 6.07 Å². The highest BCUT2D eigenvalue weighted by Crippen LogP contribution is 2.38. The SMILES string of the molecule is COc1cccc(OC)c1-n1c(NS(=O)(=O)CCc2ccc(C#N)cn2)nnc1-c1ccc(C)o1. The number of ether oxygens (including phenoxy) is 2. The van der Waals surface area contributed by atoms with Crippen molar-refractivity contribution >= 4 is 16.0 Å². The first-order valence-corrected chi connectivity index (χ1v) is 12.1. The van der Waals surface area contributed by atoms with E-state index in [-0.39, 0.29) is 23.9 Å². The Morgan fingerprint density at radius 1 is 1.09 bits per heavy atom. The number of furan rings is 1. The van der Waals surface area contributed by atoms with Gasteiger partial charge in [-0.15, -0.1) is 10.2 Å². The molecule has 1 aromatic carbocycles. The minimum absolute atomic E-state index is 0.0651. The lowest BCUT2D eigenvalue weighted by Gasteiger charge is -2.17. The predicted octanol–water partition coefficient (Wildman–Crippen LogP) is 3.10. The number of hydrogen-bond acceptors (Lipinski definition) is 9. The molecule has 0 aliphatic carbocycles. The summed E-state index contributed by atoms with van der Waals surface area (Å²) in [5, 5.41) is 17.2. The number of nitriles is 1. The summed E-state index contributed by atoms with van der Waals surface area (Å²) in [5.74, 6) is 1.79. The summed E-state index contributed by atoms with van der Waals surface area (Å²) in [5.41, 5.74) is 1.33. The minimum Gasteiger partial charge on any atom is -0.494 e. The number of nitrogens with one attached hydrogen (secondary N) is 1. The molecule has 0 amide bonds. The Labute approximate surface area is 202 Å². The first kappa shape index (κ1) is 23.8. The first-order valence-electron chi connectivity index (χ1n) is 10.4. The molecular weight excluding hydrogens is 472 g/mol. The average Bonchev–Trinajstić information content (AvgIpc) is 3.47. The second-order valence-corrected chi connectivity index (χ2v) is 9.27. The second-order valence-electron chi connectivity index (χ2n) is 7.43. The molecule has 0 aliphatic heterocycles. The van der Waals surface area contributed by atoms with E-state index in [1.54, 1.807) is 49.4 Å². The molecule has 0 atom stereocenters. The predicted molar refractivity (Wildman–Crippen MR) is 127 cm³/mol. The molecule has 0 fully saturated rings. The summed E-state index contributed by atoms with van der Waals surface area (Å²) in [6.45, 7) is 1.79. The van der Waals surface area contributed by atoms with Crippen molar-refractivity contribution in [1.82, 2.24) is 19.7 Å². The Balaban J connectivity index is 1.73. The van der Waals surface area contributed by atoms with Crippen molar-refractivity contribution in [1.29, 1.82) is 5.26 Å². The first-order chi connectivity index (χ1) is 16.8. The van der Waals surface area contributed by atoms with Crippen LogP contribution < -0.4 is 14.2 Å². The summed E-state index contributed by atoms with van der Waals surface area (Å²) >= 11 is 0. The van der Waals surface area contributed by atoms with E-state index in [0.29, 0.717) is 40.0 Å². The van der Waals surface area contributed by atoms with E-state index in [9.17, 15) is 8.42 Å². The largest absolute Gasteiger partial charge is 0.494 e. The monoisotopic (exact) mass is 494 g/mol. The highest BCUT2D eigenvalue weighted by Gasteiger charge is 2.26. The maximum Gasteiger partial charge on any atom is 0.243 e. The molecule has 3 heterocycles. The van der Waals surface area contributed by atoms with E-state index < -0.39 is 10.0 Å². The highest BCUT2D eigenvalue weighted by molar-refractivity contribution is 7.92. The number of hydrogen-bond donors (Lipinski definition) is 1. The van der Waals surface area contributed by atoms with Crippen molar-refractivity contribution in [2.45, 2.75) is 13.3 Å². The number of anilines is 1. The number of nitrogens with zero attached hydrogens (tertiary/aromatic N) is 5. The van der Waals surface area contributed by atoms with E-state index in [1.165, 1.54) is 25.0 Å². The van der Waals surface area contributed by atoms with Crippen LogP contribution >= 0.6 is 0 Å².